The summed E-state index contributed by atoms with van der Waals surface area (Å²) >= 11 is 0. The van der Waals surface area contributed by atoms with Crippen molar-refractivity contribution in [1.29, 1.82) is 0 Å². The SMILES string of the molecule is OC[C@H]1O[C@@](CO)(O[C@@H]2[C@H](O)[C@@H](O)[C@H](O[C@H]3O[C@H](CO)[C@@H](O)[C@H](O)[C@H]3O)O[C@@H]2CO)[C@@H](O)[C@@H]1O. The van der Waals surface area contributed by atoms with Crippen LogP contribution in [0, 0.1) is 0 Å². The lowest BCUT2D eigenvalue weighted by Gasteiger charge is -2.47. The minimum Gasteiger partial charge on any atom is -0.394 e. The minimum atomic E-state index is -2.35. The van der Waals surface area contributed by atoms with Gasteiger partial charge in [0, 0.05) is 0 Å². The Bertz CT molecular complexity index is 651. The molecule has 3 aliphatic heterocycles. The number of hydrogen-bond acceptors (Lipinski definition) is 16. The first-order valence-corrected chi connectivity index (χ1v) is 10.6. The molecule has 200 valence electrons. The molecule has 0 unspecified atom stereocenters. The summed E-state index contributed by atoms with van der Waals surface area (Å²) in [6, 6.07) is 0. The number of aliphatic hydroxyl groups is 11. The van der Waals surface area contributed by atoms with Crippen LogP contribution >= 0.6 is 0 Å². The van der Waals surface area contributed by atoms with Crippen LogP contribution < -0.4 is 0 Å². The average molecular weight is 504 g/mol. The highest BCUT2D eigenvalue weighted by molar-refractivity contribution is 5.00. The second-order valence-electron chi connectivity index (χ2n) is 8.37. The molecule has 3 aliphatic rings. The van der Waals surface area contributed by atoms with E-state index in [0.29, 0.717) is 0 Å². The standard InChI is InChI=1S/C18H32O16/c19-1-5-8(23)10(25)12(27)16(30-5)32-17-13(28)11(26)14(7(3-21)31-17)34-18(4-22)15(29)9(24)6(2-20)33-18/h5-17,19-29H,1-4H2/t5-,6-,7-,8-,9-,10+,11-,12-,13-,14+,15+,16-,17+,18+/m1/s1. The van der Waals surface area contributed by atoms with Crippen molar-refractivity contribution in [1.82, 2.24) is 0 Å². The summed E-state index contributed by atoms with van der Waals surface area (Å²) in [7, 11) is 0. The second-order valence-corrected chi connectivity index (χ2v) is 8.37. The summed E-state index contributed by atoms with van der Waals surface area (Å²) in [5, 5.41) is 109. The topological polar surface area (TPSA) is 269 Å². The van der Waals surface area contributed by atoms with Crippen LogP contribution in [-0.4, -0.2) is 168 Å². The van der Waals surface area contributed by atoms with Gasteiger partial charge in [0.15, 0.2) is 12.6 Å². The molecule has 3 rings (SSSR count). The third-order valence-corrected chi connectivity index (χ3v) is 6.18. The molecule has 0 aromatic heterocycles. The predicted molar refractivity (Wildman–Crippen MR) is 101 cm³/mol. The van der Waals surface area contributed by atoms with E-state index >= 15 is 0 Å². The lowest BCUT2D eigenvalue weighted by atomic mass is 9.97. The van der Waals surface area contributed by atoms with E-state index in [2.05, 4.69) is 0 Å². The monoisotopic (exact) mass is 504 g/mol. The Hall–Kier alpha value is -0.640. The van der Waals surface area contributed by atoms with Crippen LogP contribution in [0.3, 0.4) is 0 Å². The van der Waals surface area contributed by atoms with E-state index in [4.69, 9.17) is 23.7 Å². The van der Waals surface area contributed by atoms with Crippen molar-refractivity contribution in [2.75, 3.05) is 26.4 Å². The van der Waals surface area contributed by atoms with E-state index in [1.807, 2.05) is 0 Å². The number of aliphatic hydroxyl groups excluding tert-OH is 11. The highest BCUT2D eigenvalue weighted by Gasteiger charge is 2.59. The Morgan fingerprint density at radius 1 is 0.588 bits per heavy atom. The molecule has 34 heavy (non-hydrogen) atoms. The van der Waals surface area contributed by atoms with Gasteiger partial charge in [0.25, 0.3) is 0 Å². The van der Waals surface area contributed by atoms with Gasteiger partial charge in [-0.3, -0.25) is 0 Å². The molecule has 3 fully saturated rings. The second kappa shape index (κ2) is 11.2. The van der Waals surface area contributed by atoms with E-state index in [1.165, 1.54) is 0 Å². The lowest BCUT2D eigenvalue weighted by Crippen LogP contribution is -2.66. The summed E-state index contributed by atoms with van der Waals surface area (Å²) in [6.07, 6.45) is -22.1. The number of hydrogen-bond donors (Lipinski definition) is 11. The molecule has 0 aliphatic carbocycles. The van der Waals surface area contributed by atoms with E-state index < -0.39 is 112 Å². The first-order chi connectivity index (χ1) is 16.0. The van der Waals surface area contributed by atoms with Gasteiger partial charge in [0.2, 0.25) is 5.79 Å². The quantitative estimate of drug-likeness (QED) is 0.146. The van der Waals surface area contributed by atoms with Crippen LogP contribution in [0.2, 0.25) is 0 Å². The highest BCUT2D eigenvalue weighted by atomic mass is 16.8. The van der Waals surface area contributed by atoms with Crippen molar-refractivity contribution in [3.8, 4) is 0 Å². The number of rotatable bonds is 8. The van der Waals surface area contributed by atoms with Crippen molar-refractivity contribution in [2.24, 2.45) is 0 Å². The van der Waals surface area contributed by atoms with Gasteiger partial charge in [-0.1, -0.05) is 0 Å². The van der Waals surface area contributed by atoms with Gasteiger partial charge in [0.05, 0.1) is 19.8 Å². The zero-order chi connectivity index (χ0) is 25.4. The van der Waals surface area contributed by atoms with E-state index in [9.17, 15) is 56.2 Å². The molecule has 0 aromatic carbocycles. The van der Waals surface area contributed by atoms with Gasteiger partial charge < -0.3 is 79.9 Å². The molecule has 11 N–H and O–H groups in total. The van der Waals surface area contributed by atoms with E-state index in [1.54, 1.807) is 0 Å². The Morgan fingerprint density at radius 2 is 1.12 bits per heavy atom. The molecule has 0 amide bonds. The van der Waals surface area contributed by atoms with E-state index in [0.717, 1.165) is 0 Å². The summed E-state index contributed by atoms with van der Waals surface area (Å²) in [6.45, 7) is -3.40. The number of ether oxygens (including phenoxy) is 5. The molecule has 0 spiro atoms. The third kappa shape index (κ3) is 4.96. The third-order valence-electron chi connectivity index (χ3n) is 6.18. The first kappa shape index (κ1) is 27.9. The predicted octanol–water partition coefficient (Wildman–Crippen LogP) is -7.57. The van der Waals surface area contributed by atoms with Gasteiger partial charge >= 0.3 is 0 Å². The maximum atomic E-state index is 10.6. The van der Waals surface area contributed by atoms with Gasteiger partial charge in [-0.15, -0.1) is 0 Å². The summed E-state index contributed by atoms with van der Waals surface area (Å²) < 4.78 is 26.6. The van der Waals surface area contributed by atoms with Gasteiger partial charge in [-0.25, -0.2) is 0 Å². The van der Waals surface area contributed by atoms with Crippen molar-refractivity contribution < 1.29 is 79.9 Å². The van der Waals surface area contributed by atoms with Gasteiger partial charge in [0.1, 0.15) is 73.8 Å². The van der Waals surface area contributed by atoms with Crippen molar-refractivity contribution >= 4 is 0 Å². The maximum Gasteiger partial charge on any atom is 0.222 e. The molecule has 3 saturated heterocycles. The van der Waals surface area contributed by atoms with Crippen LogP contribution in [0.25, 0.3) is 0 Å². The van der Waals surface area contributed by atoms with Gasteiger partial charge in [-0.05, 0) is 0 Å². The van der Waals surface area contributed by atoms with Crippen molar-refractivity contribution in [3.05, 3.63) is 0 Å². The smallest absolute Gasteiger partial charge is 0.222 e. The first-order valence-electron chi connectivity index (χ1n) is 10.6. The van der Waals surface area contributed by atoms with Gasteiger partial charge in [-0.2, -0.15) is 0 Å². The fourth-order valence-corrected chi connectivity index (χ4v) is 4.12. The van der Waals surface area contributed by atoms with E-state index in [-0.39, 0.29) is 0 Å². The summed E-state index contributed by atoms with van der Waals surface area (Å²) in [5.41, 5.74) is 0. The minimum absolute atomic E-state index is 0.742. The Balaban J connectivity index is 1.74. The Morgan fingerprint density at radius 3 is 1.62 bits per heavy atom. The van der Waals surface area contributed by atoms with Crippen LogP contribution in [-0.2, 0) is 23.7 Å². The van der Waals surface area contributed by atoms with Crippen LogP contribution in [0.5, 0.6) is 0 Å². The maximum absolute atomic E-state index is 10.6. The van der Waals surface area contributed by atoms with Crippen molar-refractivity contribution in [3.63, 3.8) is 0 Å². The zero-order valence-corrected chi connectivity index (χ0v) is 17.8. The molecule has 0 bridgehead atoms. The Labute approximate surface area is 192 Å². The molecule has 16 nitrogen and oxygen atoms in total. The summed E-state index contributed by atoms with van der Waals surface area (Å²) in [5.74, 6) is -2.35. The van der Waals surface area contributed by atoms with Crippen LogP contribution in [0.15, 0.2) is 0 Å². The molecule has 3 heterocycles. The molecule has 0 saturated carbocycles. The van der Waals surface area contributed by atoms with Crippen LogP contribution in [0.1, 0.15) is 0 Å². The van der Waals surface area contributed by atoms with Crippen molar-refractivity contribution in [2.45, 2.75) is 85.5 Å². The zero-order valence-electron chi connectivity index (χ0n) is 17.8. The fourth-order valence-electron chi connectivity index (χ4n) is 4.12. The molecule has 0 radical (unpaired) electrons. The lowest BCUT2D eigenvalue weighted by molar-refractivity contribution is -0.395. The molecular weight excluding hydrogens is 472 g/mol. The normalized spacial score (nSPS) is 52.1. The average Bonchev–Trinajstić information content (AvgIpc) is 3.08. The molecule has 0 aromatic rings. The largest absolute Gasteiger partial charge is 0.394 e. The molecular formula is C18H32O16. The van der Waals surface area contributed by atoms with Crippen LogP contribution in [0.4, 0.5) is 0 Å². The molecule has 14 atom stereocenters. The summed E-state index contributed by atoms with van der Waals surface area (Å²) in [4.78, 5) is 0. The Kier molecular flexibility index (Phi) is 9.18. The molecule has 16 heteroatoms. The fraction of sp³-hybridized carbons (Fsp3) is 1.00. The highest BCUT2D eigenvalue weighted by Crippen LogP contribution is 2.37.